The summed E-state index contributed by atoms with van der Waals surface area (Å²) in [6, 6.07) is 5.71. The zero-order chi connectivity index (χ0) is 18.3. The summed E-state index contributed by atoms with van der Waals surface area (Å²) in [7, 11) is -5.81. The number of rotatable bonds is 3. The van der Waals surface area contributed by atoms with Crippen molar-refractivity contribution >= 4 is 33.3 Å². The summed E-state index contributed by atoms with van der Waals surface area (Å²) >= 11 is 5.78. The standard InChI is InChI=1S/C14H13ClF3NO4S/c1-8-7-12(23-24(21,22)14(16,17)18)9(2)13(20)19(8)11-5-3-10(15)4-6-11/h3-6,8H,7H2,1-2H3. The highest BCUT2D eigenvalue weighted by Crippen LogP contribution is 2.34. The van der Waals surface area contributed by atoms with Crippen LogP contribution in [0.5, 0.6) is 0 Å². The molecule has 1 heterocycles. The molecule has 24 heavy (non-hydrogen) atoms. The smallest absolute Gasteiger partial charge is 0.380 e. The van der Waals surface area contributed by atoms with Crippen molar-refractivity contribution in [1.29, 1.82) is 0 Å². The number of nitrogens with zero attached hydrogens (tertiary/aromatic N) is 1. The van der Waals surface area contributed by atoms with E-state index < -0.39 is 33.3 Å². The maximum Gasteiger partial charge on any atom is 0.534 e. The molecule has 1 atom stereocenters. The van der Waals surface area contributed by atoms with Gasteiger partial charge in [-0.2, -0.15) is 21.6 Å². The Morgan fingerprint density at radius 1 is 1.25 bits per heavy atom. The van der Waals surface area contributed by atoms with E-state index in [9.17, 15) is 26.4 Å². The minimum absolute atomic E-state index is 0.171. The predicted octanol–water partition coefficient (Wildman–Crippen LogP) is 3.61. The number of hydrogen-bond donors (Lipinski definition) is 0. The highest BCUT2D eigenvalue weighted by molar-refractivity contribution is 7.87. The molecular weight excluding hydrogens is 371 g/mol. The number of anilines is 1. The summed E-state index contributed by atoms with van der Waals surface area (Å²) in [5.74, 6) is -1.14. The molecule has 2 rings (SSSR count). The number of carbonyl (C=O) groups is 1. The van der Waals surface area contributed by atoms with Gasteiger partial charge in [0.05, 0.1) is 5.57 Å². The Bertz CT molecular complexity index is 787. The topological polar surface area (TPSA) is 63.7 Å². The van der Waals surface area contributed by atoms with Gasteiger partial charge in [0.25, 0.3) is 5.91 Å². The van der Waals surface area contributed by atoms with Gasteiger partial charge in [0, 0.05) is 23.2 Å². The van der Waals surface area contributed by atoms with Crippen molar-refractivity contribution in [2.24, 2.45) is 0 Å². The molecule has 1 amide bonds. The first kappa shape index (κ1) is 18.6. The minimum Gasteiger partial charge on any atom is -0.380 e. The van der Waals surface area contributed by atoms with E-state index in [1.807, 2.05) is 0 Å². The van der Waals surface area contributed by atoms with Crippen LogP contribution in [0.25, 0.3) is 0 Å². The fourth-order valence-corrected chi connectivity index (χ4v) is 2.94. The van der Waals surface area contributed by atoms with Crippen molar-refractivity contribution in [2.45, 2.75) is 31.8 Å². The van der Waals surface area contributed by atoms with E-state index in [4.69, 9.17) is 11.6 Å². The van der Waals surface area contributed by atoms with Crippen LogP contribution in [0, 0.1) is 0 Å². The van der Waals surface area contributed by atoms with Gasteiger partial charge >= 0.3 is 15.6 Å². The molecule has 1 aromatic carbocycles. The van der Waals surface area contributed by atoms with Crippen molar-refractivity contribution in [3.05, 3.63) is 40.6 Å². The van der Waals surface area contributed by atoms with Gasteiger partial charge in [0.1, 0.15) is 5.76 Å². The van der Waals surface area contributed by atoms with E-state index in [1.165, 1.54) is 11.8 Å². The number of hydrogen-bond acceptors (Lipinski definition) is 4. The summed E-state index contributed by atoms with van der Waals surface area (Å²) < 4.78 is 63.8. The molecule has 0 spiro atoms. The van der Waals surface area contributed by atoms with Gasteiger partial charge in [-0.1, -0.05) is 11.6 Å². The summed E-state index contributed by atoms with van der Waals surface area (Å²) in [6.45, 7) is 2.79. The monoisotopic (exact) mass is 383 g/mol. The minimum atomic E-state index is -5.81. The fourth-order valence-electron chi connectivity index (χ4n) is 2.26. The zero-order valence-corrected chi connectivity index (χ0v) is 14.2. The van der Waals surface area contributed by atoms with E-state index in [0.717, 1.165) is 0 Å². The van der Waals surface area contributed by atoms with Crippen molar-refractivity contribution in [3.8, 4) is 0 Å². The largest absolute Gasteiger partial charge is 0.534 e. The van der Waals surface area contributed by atoms with Crippen molar-refractivity contribution in [2.75, 3.05) is 4.90 Å². The van der Waals surface area contributed by atoms with Crippen LogP contribution in [0.1, 0.15) is 20.3 Å². The van der Waals surface area contributed by atoms with Gasteiger partial charge in [-0.05, 0) is 38.1 Å². The van der Waals surface area contributed by atoms with Crippen LogP contribution in [0.4, 0.5) is 18.9 Å². The summed E-state index contributed by atoms with van der Waals surface area (Å²) in [5.41, 5.74) is -5.26. The first-order valence-electron chi connectivity index (χ1n) is 6.73. The van der Waals surface area contributed by atoms with E-state index >= 15 is 0 Å². The van der Waals surface area contributed by atoms with E-state index in [-0.39, 0.29) is 12.0 Å². The van der Waals surface area contributed by atoms with E-state index in [1.54, 1.807) is 31.2 Å². The van der Waals surface area contributed by atoms with Gasteiger partial charge in [0.15, 0.2) is 0 Å². The van der Waals surface area contributed by atoms with Gasteiger partial charge in [0.2, 0.25) is 0 Å². The highest BCUT2D eigenvalue weighted by atomic mass is 35.5. The molecule has 132 valence electrons. The number of halogens is 4. The van der Waals surface area contributed by atoms with E-state index in [2.05, 4.69) is 4.18 Å². The molecule has 0 fully saturated rings. The Hall–Kier alpha value is -1.74. The van der Waals surface area contributed by atoms with Crippen molar-refractivity contribution < 1.29 is 30.6 Å². The summed E-state index contributed by atoms with van der Waals surface area (Å²) in [5, 5.41) is 0.461. The van der Waals surface area contributed by atoms with Crippen LogP contribution in [-0.4, -0.2) is 25.9 Å². The zero-order valence-electron chi connectivity index (χ0n) is 12.6. The Kier molecular flexibility index (Phi) is 4.87. The molecule has 5 nitrogen and oxygen atoms in total. The Morgan fingerprint density at radius 2 is 1.79 bits per heavy atom. The fraction of sp³-hybridized carbons (Fsp3) is 0.357. The maximum atomic E-state index is 12.4. The molecule has 0 aliphatic carbocycles. The molecule has 10 heteroatoms. The molecule has 0 saturated heterocycles. The first-order chi connectivity index (χ1) is 10.9. The molecule has 1 unspecified atom stereocenters. The number of carbonyl (C=O) groups excluding carboxylic acids is 1. The average molecular weight is 384 g/mol. The lowest BCUT2D eigenvalue weighted by molar-refractivity contribution is -0.116. The van der Waals surface area contributed by atoms with Crippen molar-refractivity contribution in [3.63, 3.8) is 0 Å². The second-order valence-electron chi connectivity index (χ2n) is 5.24. The van der Waals surface area contributed by atoms with Crippen LogP contribution in [-0.2, 0) is 19.1 Å². The third-order valence-corrected chi connectivity index (χ3v) is 4.72. The molecule has 0 aromatic heterocycles. The van der Waals surface area contributed by atoms with Crippen LogP contribution >= 0.6 is 11.6 Å². The predicted molar refractivity (Wildman–Crippen MR) is 81.8 cm³/mol. The van der Waals surface area contributed by atoms with Crippen LogP contribution in [0.15, 0.2) is 35.6 Å². The molecular formula is C14H13ClF3NO4S. The quantitative estimate of drug-likeness (QED) is 0.591. The highest BCUT2D eigenvalue weighted by Gasteiger charge is 2.49. The molecule has 1 aliphatic heterocycles. The second kappa shape index (κ2) is 6.29. The average Bonchev–Trinajstić information content (AvgIpc) is 2.45. The lowest BCUT2D eigenvalue weighted by Crippen LogP contribution is -2.44. The van der Waals surface area contributed by atoms with E-state index in [0.29, 0.717) is 10.7 Å². The van der Waals surface area contributed by atoms with Gasteiger partial charge < -0.3 is 9.08 Å². The normalized spacial score (nSPS) is 19.7. The van der Waals surface area contributed by atoms with Crippen LogP contribution in [0.2, 0.25) is 5.02 Å². The SMILES string of the molecule is CC1=C(OS(=O)(=O)C(F)(F)F)CC(C)N(c2ccc(Cl)cc2)C1=O. The van der Waals surface area contributed by atoms with Crippen LogP contribution < -0.4 is 4.90 Å². The molecule has 0 bridgehead atoms. The lowest BCUT2D eigenvalue weighted by atomic mass is 10.0. The van der Waals surface area contributed by atoms with Crippen molar-refractivity contribution in [1.82, 2.24) is 0 Å². The Labute approximate surface area is 141 Å². The third-order valence-electron chi connectivity index (χ3n) is 3.48. The number of alkyl halides is 3. The van der Waals surface area contributed by atoms with Crippen LogP contribution in [0.3, 0.4) is 0 Å². The Morgan fingerprint density at radius 3 is 2.29 bits per heavy atom. The first-order valence-corrected chi connectivity index (χ1v) is 8.52. The summed E-state index contributed by atoms with van der Waals surface area (Å²) in [6.07, 6.45) is -0.171. The lowest BCUT2D eigenvalue weighted by Gasteiger charge is -2.34. The van der Waals surface area contributed by atoms with Gasteiger partial charge in [-0.25, -0.2) is 0 Å². The second-order valence-corrected chi connectivity index (χ2v) is 7.21. The number of benzene rings is 1. The molecule has 1 aliphatic rings. The molecule has 0 radical (unpaired) electrons. The molecule has 0 saturated carbocycles. The summed E-state index contributed by atoms with van der Waals surface area (Å²) in [4.78, 5) is 13.8. The maximum absolute atomic E-state index is 12.4. The van der Waals surface area contributed by atoms with Gasteiger partial charge in [-0.15, -0.1) is 0 Å². The number of amides is 1. The molecule has 0 N–H and O–H groups in total. The van der Waals surface area contributed by atoms with Gasteiger partial charge in [-0.3, -0.25) is 4.79 Å². The Balaban J connectivity index is 2.36. The third kappa shape index (κ3) is 3.51. The molecule has 1 aromatic rings.